The predicted molar refractivity (Wildman–Crippen MR) is 67.4 cm³/mol. The van der Waals surface area contributed by atoms with Gasteiger partial charge in [0.25, 0.3) is 0 Å². The highest BCUT2D eigenvalue weighted by atomic mass is 127. The van der Waals surface area contributed by atoms with Crippen LogP contribution in [0.3, 0.4) is 0 Å². The van der Waals surface area contributed by atoms with E-state index in [0.717, 1.165) is 0 Å². The Morgan fingerprint density at radius 2 is 2.20 bits per heavy atom. The van der Waals surface area contributed by atoms with Gasteiger partial charge in [-0.15, -0.1) is 0 Å². The first-order valence-corrected chi connectivity index (χ1v) is 7.63. The SMILES string of the molecule is CC(NSI)C(=O)OC1C=CC(=O)C=C1. The molecule has 0 aromatic carbocycles. The second kappa shape index (κ2) is 6.29. The second-order valence-electron chi connectivity index (χ2n) is 2.94. The fourth-order valence-corrected chi connectivity index (χ4v) is 2.30. The van der Waals surface area contributed by atoms with Crippen LogP contribution in [-0.2, 0) is 14.3 Å². The van der Waals surface area contributed by atoms with Gasteiger partial charge in [-0.05, 0) is 40.3 Å². The van der Waals surface area contributed by atoms with Gasteiger partial charge in [-0.2, -0.15) is 0 Å². The van der Waals surface area contributed by atoms with E-state index in [4.69, 9.17) is 4.74 Å². The smallest absolute Gasteiger partial charge is 0.324 e. The molecule has 1 rings (SSSR count). The van der Waals surface area contributed by atoms with E-state index in [9.17, 15) is 9.59 Å². The lowest BCUT2D eigenvalue weighted by Gasteiger charge is -2.15. The van der Waals surface area contributed by atoms with Crippen LogP contribution in [-0.4, -0.2) is 23.9 Å². The van der Waals surface area contributed by atoms with Crippen molar-refractivity contribution in [3.05, 3.63) is 24.3 Å². The average molecular weight is 339 g/mol. The molecule has 1 aliphatic rings. The fraction of sp³-hybridized carbons (Fsp3) is 0.333. The normalized spacial score (nSPS) is 17.9. The standard InChI is InChI=1S/C9H10INO3S/c1-6(11-15-10)9(13)14-8-4-2-7(12)3-5-8/h2-6,8,11H,1H3. The van der Waals surface area contributed by atoms with E-state index in [2.05, 4.69) is 4.72 Å². The van der Waals surface area contributed by atoms with Gasteiger partial charge >= 0.3 is 5.97 Å². The van der Waals surface area contributed by atoms with Crippen molar-refractivity contribution in [1.82, 2.24) is 4.72 Å². The van der Waals surface area contributed by atoms with E-state index in [1.807, 2.05) is 21.2 Å². The van der Waals surface area contributed by atoms with Crippen molar-refractivity contribution in [2.45, 2.75) is 19.1 Å². The van der Waals surface area contributed by atoms with Crippen LogP contribution in [0.25, 0.3) is 0 Å². The molecule has 0 spiro atoms. The van der Waals surface area contributed by atoms with Crippen molar-refractivity contribution in [3.8, 4) is 0 Å². The maximum atomic E-state index is 11.4. The van der Waals surface area contributed by atoms with Gasteiger partial charge < -0.3 is 4.74 Å². The first-order valence-electron chi connectivity index (χ1n) is 4.27. The first kappa shape index (κ1) is 12.7. The number of esters is 1. The molecule has 0 heterocycles. The summed E-state index contributed by atoms with van der Waals surface area (Å²) >= 11 is 2.03. The Morgan fingerprint density at radius 3 is 2.73 bits per heavy atom. The Bertz CT molecular complexity index is 300. The molecule has 15 heavy (non-hydrogen) atoms. The van der Waals surface area contributed by atoms with E-state index in [0.29, 0.717) is 0 Å². The summed E-state index contributed by atoms with van der Waals surface area (Å²) in [6.07, 6.45) is 5.47. The average Bonchev–Trinajstić information content (AvgIpc) is 2.22. The van der Waals surface area contributed by atoms with E-state index < -0.39 is 6.10 Å². The minimum atomic E-state index is -0.432. The molecule has 6 heteroatoms. The summed E-state index contributed by atoms with van der Waals surface area (Å²) in [5.41, 5.74) is 0. The van der Waals surface area contributed by atoms with Gasteiger partial charge in [0, 0.05) is 21.2 Å². The molecule has 0 aromatic rings. The third-order valence-corrected chi connectivity index (χ3v) is 2.93. The summed E-state index contributed by atoms with van der Waals surface area (Å²) in [5, 5.41) is 0. The molecule has 0 radical (unpaired) electrons. The van der Waals surface area contributed by atoms with Gasteiger partial charge in [0.2, 0.25) is 0 Å². The lowest BCUT2D eigenvalue weighted by Crippen LogP contribution is -2.32. The van der Waals surface area contributed by atoms with Crippen molar-refractivity contribution < 1.29 is 14.3 Å². The molecule has 0 bridgehead atoms. The number of carbonyl (C=O) groups is 2. The van der Waals surface area contributed by atoms with Crippen LogP contribution in [0.15, 0.2) is 24.3 Å². The molecule has 1 atom stereocenters. The maximum Gasteiger partial charge on any atom is 0.324 e. The third kappa shape index (κ3) is 4.35. The second-order valence-corrected chi connectivity index (χ2v) is 4.65. The van der Waals surface area contributed by atoms with Crippen LogP contribution in [0, 0.1) is 0 Å². The minimum Gasteiger partial charge on any atom is -0.453 e. The zero-order chi connectivity index (χ0) is 11.3. The third-order valence-electron chi connectivity index (χ3n) is 1.73. The molecule has 1 unspecified atom stereocenters. The Hall–Kier alpha value is -0.340. The number of ether oxygens (including phenoxy) is 1. The lowest BCUT2D eigenvalue weighted by atomic mass is 10.1. The zero-order valence-electron chi connectivity index (χ0n) is 7.98. The van der Waals surface area contributed by atoms with E-state index in [1.54, 1.807) is 19.1 Å². The van der Waals surface area contributed by atoms with E-state index >= 15 is 0 Å². The van der Waals surface area contributed by atoms with Crippen LogP contribution in [0.2, 0.25) is 0 Å². The fourth-order valence-electron chi connectivity index (χ4n) is 0.929. The van der Waals surface area contributed by atoms with Crippen LogP contribution in [0.1, 0.15) is 6.92 Å². The summed E-state index contributed by atoms with van der Waals surface area (Å²) in [7, 11) is 1.33. The molecule has 0 saturated heterocycles. The van der Waals surface area contributed by atoms with Crippen LogP contribution >= 0.6 is 30.3 Å². The summed E-state index contributed by atoms with van der Waals surface area (Å²) < 4.78 is 7.97. The van der Waals surface area contributed by atoms with E-state index in [1.165, 1.54) is 21.3 Å². The molecular formula is C9H10INO3S. The molecule has 0 fully saturated rings. The molecule has 0 aliphatic heterocycles. The summed E-state index contributed by atoms with van der Waals surface area (Å²) in [4.78, 5) is 22.2. The Balaban J connectivity index is 2.42. The van der Waals surface area contributed by atoms with Crippen molar-refractivity contribution >= 4 is 42.1 Å². The number of ketones is 1. The maximum absolute atomic E-state index is 11.4. The molecule has 4 nitrogen and oxygen atoms in total. The van der Waals surface area contributed by atoms with Crippen LogP contribution < -0.4 is 4.72 Å². The highest BCUT2D eigenvalue weighted by Gasteiger charge is 2.17. The quantitative estimate of drug-likeness (QED) is 0.479. The lowest BCUT2D eigenvalue weighted by molar-refractivity contribution is -0.146. The Labute approximate surface area is 104 Å². The zero-order valence-corrected chi connectivity index (χ0v) is 10.9. The summed E-state index contributed by atoms with van der Waals surface area (Å²) in [6.45, 7) is 1.72. The van der Waals surface area contributed by atoms with Crippen molar-refractivity contribution in [1.29, 1.82) is 0 Å². The molecule has 0 amide bonds. The highest BCUT2D eigenvalue weighted by Crippen LogP contribution is 2.09. The molecule has 0 saturated carbocycles. The number of hydrogen-bond donors (Lipinski definition) is 1. The van der Waals surface area contributed by atoms with Gasteiger partial charge in [-0.25, -0.2) is 4.72 Å². The number of allylic oxidation sites excluding steroid dienone is 2. The molecule has 0 aromatic heterocycles. The van der Waals surface area contributed by atoms with Crippen molar-refractivity contribution in [2.75, 3.05) is 0 Å². The highest BCUT2D eigenvalue weighted by molar-refractivity contribution is 14.2. The van der Waals surface area contributed by atoms with E-state index in [-0.39, 0.29) is 17.8 Å². The minimum absolute atomic E-state index is 0.0868. The van der Waals surface area contributed by atoms with Crippen LogP contribution in [0.5, 0.6) is 0 Å². The summed E-state index contributed by atoms with van der Waals surface area (Å²) in [6, 6.07) is -0.369. The topological polar surface area (TPSA) is 55.4 Å². The first-order chi connectivity index (χ1) is 7.13. The molecular weight excluding hydrogens is 329 g/mol. The van der Waals surface area contributed by atoms with Gasteiger partial charge in [-0.1, -0.05) is 0 Å². The molecule has 82 valence electrons. The largest absolute Gasteiger partial charge is 0.453 e. The Morgan fingerprint density at radius 1 is 1.60 bits per heavy atom. The number of carbonyl (C=O) groups excluding carboxylic acids is 2. The number of halogens is 1. The Kier molecular flexibility index (Phi) is 5.34. The number of hydrogen-bond acceptors (Lipinski definition) is 5. The predicted octanol–water partition coefficient (Wildman–Crippen LogP) is 1.57. The monoisotopic (exact) mass is 339 g/mol. The van der Waals surface area contributed by atoms with Crippen LogP contribution in [0.4, 0.5) is 0 Å². The molecule has 1 aliphatic carbocycles. The van der Waals surface area contributed by atoms with Crippen molar-refractivity contribution in [3.63, 3.8) is 0 Å². The van der Waals surface area contributed by atoms with Gasteiger partial charge in [0.15, 0.2) is 5.78 Å². The van der Waals surface area contributed by atoms with Gasteiger partial charge in [0.05, 0.1) is 0 Å². The number of rotatable bonds is 4. The van der Waals surface area contributed by atoms with Gasteiger partial charge in [-0.3, -0.25) is 9.59 Å². The number of nitrogens with one attached hydrogen (secondary N) is 1. The van der Waals surface area contributed by atoms with Gasteiger partial charge in [0.1, 0.15) is 12.1 Å². The molecule has 1 N–H and O–H groups in total. The summed E-state index contributed by atoms with van der Waals surface area (Å²) in [5.74, 6) is -0.427. The van der Waals surface area contributed by atoms with Crippen molar-refractivity contribution in [2.24, 2.45) is 0 Å².